The number of hydrogen-bond donors (Lipinski definition) is 3. The molecule has 82 valence electrons. The van der Waals surface area contributed by atoms with E-state index in [1.807, 2.05) is 0 Å². The van der Waals surface area contributed by atoms with Crippen LogP contribution in [-0.4, -0.2) is 21.3 Å². The van der Waals surface area contributed by atoms with E-state index >= 15 is 0 Å². The second kappa shape index (κ2) is 3.68. The number of carboxylic acids is 1. The van der Waals surface area contributed by atoms with Gasteiger partial charge in [0.25, 0.3) is 0 Å². The van der Waals surface area contributed by atoms with Gasteiger partial charge in [-0.25, -0.2) is 4.79 Å². The molecule has 4 nitrogen and oxygen atoms in total. The summed E-state index contributed by atoms with van der Waals surface area (Å²) in [6, 6.07) is 6.23. The van der Waals surface area contributed by atoms with Gasteiger partial charge < -0.3 is 15.3 Å². The zero-order chi connectivity index (χ0) is 11.9. The minimum Gasteiger partial charge on any atom is -0.504 e. The molecule has 3 N–H and O–H groups in total. The lowest BCUT2D eigenvalue weighted by Crippen LogP contribution is -1.98. The number of aromatic carboxylic acids is 1. The molecule has 2 aromatic rings. The number of phenols is 2. The van der Waals surface area contributed by atoms with Crippen LogP contribution in [-0.2, 0) is 0 Å². The topological polar surface area (TPSA) is 77.8 Å². The highest BCUT2D eigenvalue weighted by molar-refractivity contribution is 9.10. The maximum absolute atomic E-state index is 11.0. The second-order valence-corrected chi connectivity index (χ2v) is 4.21. The van der Waals surface area contributed by atoms with Crippen LogP contribution >= 0.6 is 15.9 Å². The Morgan fingerprint density at radius 1 is 1.19 bits per heavy atom. The Morgan fingerprint density at radius 2 is 1.88 bits per heavy atom. The molecule has 0 spiro atoms. The van der Waals surface area contributed by atoms with E-state index in [1.165, 1.54) is 6.07 Å². The fourth-order valence-electron chi connectivity index (χ4n) is 1.57. The Morgan fingerprint density at radius 3 is 2.50 bits per heavy atom. The van der Waals surface area contributed by atoms with Gasteiger partial charge in [-0.1, -0.05) is 22.0 Å². The third-order valence-electron chi connectivity index (χ3n) is 2.27. The van der Waals surface area contributed by atoms with Gasteiger partial charge in [0.2, 0.25) is 0 Å². The molecule has 0 bridgehead atoms. The quantitative estimate of drug-likeness (QED) is 0.703. The first kappa shape index (κ1) is 10.8. The van der Waals surface area contributed by atoms with Crippen molar-refractivity contribution in [3.8, 4) is 11.5 Å². The van der Waals surface area contributed by atoms with Crippen LogP contribution in [0.4, 0.5) is 0 Å². The molecule has 2 rings (SSSR count). The van der Waals surface area contributed by atoms with Crippen molar-refractivity contribution in [2.75, 3.05) is 0 Å². The summed E-state index contributed by atoms with van der Waals surface area (Å²) >= 11 is 3.25. The van der Waals surface area contributed by atoms with Gasteiger partial charge in [-0.3, -0.25) is 0 Å². The Hall–Kier alpha value is -1.75. The Bertz CT molecular complexity index is 592. The van der Waals surface area contributed by atoms with Crippen LogP contribution in [0.15, 0.2) is 28.7 Å². The number of benzene rings is 2. The third kappa shape index (κ3) is 1.59. The van der Waals surface area contributed by atoms with E-state index in [1.54, 1.807) is 18.2 Å². The van der Waals surface area contributed by atoms with E-state index in [0.29, 0.717) is 10.8 Å². The van der Waals surface area contributed by atoms with Gasteiger partial charge in [0.05, 0.1) is 0 Å². The molecule has 0 heterocycles. The minimum atomic E-state index is -1.28. The summed E-state index contributed by atoms with van der Waals surface area (Å²) in [6.45, 7) is 0. The molecule has 5 heteroatoms. The largest absolute Gasteiger partial charge is 0.504 e. The average molecular weight is 283 g/mol. The normalized spacial score (nSPS) is 10.6. The molecule has 0 saturated carbocycles. The lowest BCUT2D eigenvalue weighted by Gasteiger charge is -2.07. The molecule has 0 aliphatic carbocycles. The summed E-state index contributed by atoms with van der Waals surface area (Å²) in [7, 11) is 0. The first-order valence-electron chi connectivity index (χ1n) is 4.38. The van der Waals surface area contributed by atoms with E-state index in [4.69, 9.17) is 5.11 Å². The molecule has 0 saturated heterocycles. The predicted molar refractivity (Wildman–Crippen MR) is 61.9 cm³/mol. The monoisotopic (exact) mass is 282 g/mol. The Kier molecular flexibility index (Phi) is 2.47. The fraction of sp³-hybridized carbons (Fsp3) is 0. The second-order valence-electron chi connectivity index (χ2n) is 3.29. The van der Waals surface area contributed by atoms with E-state index in [2.05, 4.69) is 15.9 Å². The highest BCUT2D eigenvalue weighted by atomic mass is 79.9. The predicted octanol–water partition coefficient (Wildman–Crippen LogP) is 2.71. The van der Waals surface area contributed by atoms with E-state index in [9.17, 15) is 15.0 Å². The number of hydrogen-bond acceptors (Lipinski definition) is 3. The van der Waals surface area contributed by atoms with Crippen molar-refractivity contribution in [3.63, 3.8) is 0 Å². The summed E-state index contributed by atoms with van der Waals surface area (Å²) in [4.78, 5) is 11.0. The summed E-state index contributed by atoms with van der Waals surface area (Å²) < 4.78 is 0.765. The summed E-state index contributed by atoms with van der Waals surface area (Å²) in [6.07, 6.45) is 0. The van der Waals surface area contributed by atoms with Gasteiger partial charge in [-0.15, -0.1) is 0 Å². The molecule has 0 aromatic heterocycles. The van der Waals surface area contributed by atoms with Crippen LogP contribution in [0.3, 0.4) is 0 Å². The molecule has 16 heavy (non-hydrogen) atoms. The number of carboxylic acid groups (broad SMARTS) is 1. The van der Waals surface area contributed by atoms with Crippen LogP contribution in [0.1, 0.15) is 10.4 Å². The van der Waals surface area contributed by atoms with Crippen LogP contribution < -0.4 is 0 Å². The van der Waals surface area contributed by atoms with Crippen molar-refractivity contribution >= 4 is 32.7 Å². The van der Waals surface area contributed by atoms with Crippen molar-refractivity contribution in [2.45, 2.75) is 0 Å². The molecule has 0 unspecified atom stereocenters. The van der Waals surface area contributed by atoms with Crippen LogP contribution in [0.5, 0.6) is 11.5 Å². The molecule has 0 radical (unpaired) electrons. The highest BCUT2D eigenvalue weighted by Gasteiger charge is 2.18. The lowest BCUT2D eigenvalue weighted by atomic mass is 10.0. The molecule has 2 aromatic carbocycles. The summed E-state index contributed by atoms with van der Waals surface area (Å²) in [5, 5.41) is 28.8. The van der Waals surface area contributed by atoms with Crippen LogP contribution in [0.25, 0.3) is 10.8 Å². The van der Waals surface area contributed by atoms with Crippen molar-refractivity contribution in [3.05, 3.63) is 34.3 Å². The van der Waals surface area contributed by atoms with E-state index in [-0.39, 0.29) is 5.56 Å². The minimum absolute atomic E-state index is 0.289. The lowest BCUT2D eigenvalue weighted by molar-refractivity contribution is 0.0695. The Balaban J connectivity index is 2.94. The molecule has 0 amide bonds. The summed E-state index contributed by atoms with van der Waals surface area (Å²) in [5.74, 6) is -2.33. The van der Waals surface area contributed by atoms with Gasteiger partial charge in [0.1, 0.15) is 5.56 Å². The maximum Gasteiger partial charge on any atom is 0.340 e. The average Bonchev–Trinajstić information content (AvgIpc) is 2.19. The van der Waals surface area contributed by atoms with E-state index < -0.39 is 17.5 Å². The number of carbonyl (C=O) groups is 1. The SMILES string of the molecule is O=C(O)c1c(O)c(O)cc2cc(Br)ccc12. The summed E-state index contributed by atoms with van der Waals surface area (Å²) in [5.41, 5.74) is -0.289. The van der Waals surface area contributed by atoms with Gasteiger partial charge >= 0.3 is 5.97 Å². The van der Waals surface area contributed by atoms with Gasteiger partial charge in [0.15, 0.2) is 11.5 Å². The smallest absolute Gasteiger partial charge is 0.340 e. The van der Waals surface area contributed by atoms with Crippen molar-refractivity contribution in [2.24, 2.45) is 0 Å². The first-order valence-corrected chi connectivity index (χ1v) is 5.17. The molecule has 0 aliphatic rings. The molecular formula is C11H7BrO4. The van der Waals surface area contributed by atoms with Gasteiger partial charge in [-0.2, -0.15) is 0 Å². The molecule has 0 atom stereocenters. The molecule has 0 fully saturated rings. The molecule has 0 aliphatic heterocycles. The number of halogens is 1. The van der Waals surface area contributed by atoms with Crippen molar-refractivity contribution in [1.29, 1.82) is 0 Å². The van der Waals surface area contributed by atoms with E-state index in [0.717, 1.165) is 4.47 Å². The fourth-order valence-corrected chi connectivity index (χ4v) is 1.95. The molecular weight excluding hydrogens is 276 g/mol. The standard InChI is InChI=1S/C11H7BrO4/c12-6-1-2-7-5(3-6)4-8(13)10(14)9(7)11(15)16/h1-4,13-14H,(H,15,16). The van der Waals surface area contributed by atoms with Crippen molar-refractivity contribution in [1.82, 2.24) is 0 Å². The van der Waals surface area contributed by atoms with Gasteiger partial charge in [0, 0.05) is 9.86 Å². The number of phenolic OH excluding ortho intramolecular Hbond substituents is 1. The van der Waals surface area contributed by atoms with Gasteiger partial charge in [-0.05, 0) is 23.6 Å². The number of fused-ring (bicyclic) bond motifs is 1. The third-order valence-corrected chi connectivity index (χ3v) is 2.76. The van der Waals surface area contributed by atoms with Crippen LogP contribution in [0, 0.1) is 0 Å². The Labute approximate surface area is 98.9 Å². The van der Waals surface area contributed by atoms with Crippen molar-refractivity contribution < 1.29 is 20.1 Å². The zero-order valence-electron chi connectivity index (χ0n) is 7.94. The van der Waals surface area contributed by atoms with Crippen LogP contribution in [0.2, 0.25) is 0 Å². The zero-order valence-corrected chi connectivity index (χ0v) is 9.52. The highest BCUT2D eigenvalue weighted by Crippen LogP contribution is 2.36. The number of rotatable bonds is 1. The maximum atomic E-state index is 11.0. The first-order chi connectivity index (χ1) is 7.50. The number of aromatic hydroxyl groups is 2.